The zero-order valence-corrected chi connectivity index (χ0v) is 10.2. The number of amides is 2. The maximum absolute atomic E-state index is 11.6. The number of rotatable bonds is 4. The highest BCUT2D eigenvalue weighted by Crippen LogP contribution is 2.15. The third-order valence-electron chi connectivity index (χ3n) is 2.79. The lowest BCUT2D eigenvalue weighted by Crippen LogP contribution is -2.39. The Balaban J connectivity index is 1.78. The third-order valence-corrected chi connectivity index (χ3v) is 2.79. The Morgan fingerprint density at radius 2 is 2.28 bits per heavy atom. The Kier molecular flexibility index (Phi) is 3.82. The Labute approximate surface area is 106 Å². The van der Waals surface area contributed by atoms with Gasteiger partial charge in [-0.05, 0) is 18.6 Å². The Hall–Kier alpha value is -2.04. The lowest BCUT2D eigenvalue weighted by Gasteiger charge is -2.12. The normalized spacial score (nSPS) is 18.3. The Morgan fingerprint density at radius 1 is 1.50 bits per heavy atom. The number of hydrogen-bond donors (Lipinski definition) is 2. The van der Waals surface area contributed by atoms with E-state index in [1.54, 1.807) is 0 Å². The number of nitrogens with one attached hydrogen (secondary N) is 2. The summed E-state index contributed by atoms with van der Waals surface area (Å²) in [4.78, 5) is 22.6. The van der Waals surface area contributed by atoms with Gasteiger partial charge in [0, 0.05) is 13.0 Å². The Morgan fingerprint density at radius 3 is 2.94 bits per heavy atom. The van der Waals surface area contributed by atoms with Crippen LogP contribution in [0.3, 0.4) is 0 Å². The highest BCUT2D eigenvalue weighted by Gasteiger charge is 2.22. The molecule has 96 valence electrons. The SMILES string of the molecule is Cc1ccccc1OCC(=O)NC1CNC(=O)C1. The number of benzene rings is 1. The molecule has 1 heterocycles. The van der Waals surface area contributed by atoms with Crippen molar-refractivity contribution in [3.8, 4) is 5.75 Å². The van der Waals surface area contributed by atoms with Crippen molar-refractivity contribution in [2.24, 2.45) is 0 Å². The third kappa shape index (κ3) is 3.23. The first kappa shape index (κ1) is 12.4. The van der Waals surface area contributed by atoms with Gasteiger partial charge in [-0.3, -0.25) is 9.59 Å². The quantitative estimate of drug-likeness (QED) is 0.809. The first-order valence-corrected chi connectivity index (χ1v) is 5.89. The van der Waals surface area contributed by atoms with Gasteiger partial charge in [-0.15, -0.1) is 0 Å². The van der Waals surface area contributed by atoms with Crippen LogP contribution in [-0.4, -0.2) is 31.0 Å². The predicted octanol–water partition coefficient (Wildman–Crippen LogP) is 0.379. The molecule has 0 radical (unpaired) electrons. The molecule has 5 heteroatoms. The number of carbonyl (C=O) groups excluding carboxylic acids is 2. The first-order chi connectivity index (χ1) is 8.65. The van der Waals surface area contributed by atoms with Crippen LogP contribution >= 0.6 is 0 Å². The van der Waals surface area contributed by atoms with Gasteiger partial charge in [0.1, 0.15) is 5.75 Å². The number of aryl methyl sites for hydroxylation is 1. The van der Waals surface area contributed by atoms with E-state index in [9.17, 15) is 9.59 Å². The molecule has 2 N–H and O–H groups in total. The van der Waals surface area contributed by atoms with E-state index in [-0.39, 0.29) is 24.5 Å². The fraction of sp³-hybridized carbons (Fsp3) is 0.385. The van der Waals surface area contributed by atoms with E-state index in [0.717, 1.165) is 5.56 Å². The minimum atomic E-state index is -0.209. The van der Waals surface area contributed by atoms with Gasteiger partial charge in [0.05, 0.1) is 6.04 Å². The van der Waals surface area contributed by atoms with Crippen LogP contribution in [0.25, 0.3) is 0 Å². The smallest absolute Gasteiger partial charge is 0.258 e. The van der Waals surface area contributed by atoms with Gasteiger partial charge in [0.15, 0.2) is 6.61 Å². The van der Waals surface area contributed by atoms with Crippen molar-refractivity contribution >= 4 is 11.8 Å². The zero-order valence-electron chi connectivity index (χ0n) is 10.2. The van der Waals surface area contributed by atoms with E-state index in [4.69, 9.17) is 4.74 Å². The van der Waals surface area contributed by atoms with Crippen molar-refractivity contribution in [1.82, 2.24) is 10.6 Å². The summed E-state index contributed by atoms with van der Waals surface area (Å²) in [5, 5.41) is 5.42. The second-order valence-corrected chi connectivity index (χ2v) is 4.33. The maximum Gasteiger partial charge on any atom is 0.258 e. The molecule has 1 fully saturated rings. The van der Waals surface area contributed by atoms with Crippen LogP contribution < -0.4 is 15.4 Å². The predicted molar refractivity (Wildman–Crippen MR) is 66.2 cm³/mol. The molecule has 1 aliphatic rings. The largest absolute Gasteiger partial charge is 0.484 e. The van der Waals surface area contributed by atoms with Crippen LogP contribution in [0.1, 0.15) is 12.0 Å². The van der Waals surface area contributed by atoms with Crippen molar-refractivity contribution in [1.29, 1.82) is 0 Å². The van der Waals surface area contributed by atoms with E-state index >= 15 is 0 Å². The summed E-state index contributed by atoms with van der Waals surface area (Å²) >= 11 is 0. The molecule has 1 atom stereocenters. The average molecular weight is 248 g/mol. The van der Waals surface area contributed by atoms with Crippen molar-refractivity contribution in [2.45, 2.75) is 19.4 Å². The van der Waals surface area contributed by atoms with Crippen LogP contribution in [0.4, 0.5) is 0 Å². The monoisotopic (exact) mass is 248 g/mol. The summed E-state index contributed by atoms with van der Waals surface area (Å²) in [5.41, 5.74) is 0.989. The summed E-state index contributed by atoms with van der Waals surface area (Å²) in [7, 11) is 0. The topological polar surface area (TPSA) is 67.4 Å². The summed E-state index contributed by atoms with van der Waals surface area (Å²) < 4.78 is 5.42. The minimum absolute atomic E-state index is 0.0277. The molecule has 1 aliphatic heterocycles. The van der Waals surface area contributed by atoms with Gasteiger partial charge in [-0.25, -0.2) is 0 Å². The summed E-state index contributed by atoms with van der Waals surface area (Å²) in [6.07, 6.45) is 0.343. The van der Waals surface area contributed by atoms with Crippen molar-refractivity contribution in [3.63, 3.8) is 0 Å². The molecule has 18 heavy (non-hydrogen) atoms. The summed E-state index contributed by atoms with van der Waals surface area (Å²) in [6, 6.07) is 7.40. The van der Waals surface area contributed by atoms with Crippen LogP contribution in [0.5, 0.6) is 5.75 Å². The zero-order chi connectivity index (χ0) is 13.0. The fourth-order valence-corrected chi connectivity index (χ4v) is 1.84. The summed E-state index contributed by atoms with van der Waals surface area (Å²) in [6.45, 7) is 2.39. The molecule has 5 nitrogen and oxygen atoms in total. The van der Waals surface area contributed by atoms with Crippen LogP contribution in [0, 0.1) is 6.92 Å². The standard InChI is InChI=1S/C13H16N2O3/c1-9-4-2-3-5-11(9)18-8-13(17)15-10-6-12(16)14-7-10/h2-5,10H,6-8H2,1H3,(H,14,16)(H,15,17). The average Bonchev–Trinajstić information content (AvgIpc) is 2.74. The molecule has 1 unspecified atom stereocenters. The molecule has 2 amide bonds. The molecule has 1 saturated heterocycles. The second kappa shape index (κ2) is 5.53. The van der Waals surface area contributed by atoms with E-state index in [1.807, 2.05) is 31.2 Å². The highest BCUT2D eigenvalue weighted by atomic mass is 16.5. The summed E-state index contributed by atoms with van der Waals surface area (Å²) in [5.74, 6) is 0.466. The van der Waals surface area contributed by atoms with Crippen molar-refractivity contribution in [3.05, 3.63) is 29.8 Å². The van der Waals surface area contributed by atoms with E-state index < -0.39 is 0 Å². The molecule has 0 saturated carbocycles. The Bertz CT molecular complexity index is 459. The lowest BCUT2D eigenvalue weighted by atomic mass is 10.2. The molecular weight excluding hydrogens is 232 g/mol. The number of carbonyl (C=O) groups is 2. The van der Waals surface area contributed by atoms with E-state index in [0.29, 0.717) is 18.7 Å². The molecule has 0 spiro atoms. The number of hydrogen-bond acceptors (Lipinski definition) is 3. The van der Waals surface area contributed by atoms with Gasteiger partial charge >= 0.3 is 0 Å². The number of ether oxygens (including phenoxy) is 1. The van der Waals surface area contributed by atoms with Gasteiger partial charge in [-0.2, -0.15) is 0 Å². The molecule has 2 rings (SSSR count). The second-order valence-electron chi connectivity index (χ2n) is 4.33. The number of para-hydroxylation sites is 1. The van der Waals surface area contributed by atoms with Gasteiger partial charge in [0.25, 0.3) is 5.91 Å². The van der Waals surface area contributed by atoms with Crippen LogP contribution in [-0.2, 0) is 9.59 Å². The first-order valence-electron chi connectivity index (χ1n) is 5.89. The molecule has 1 aromatic rings. The molecular formula is C13H16N2O3. The highest BCUT2D eigenvalue weighted by molar-refractivity contribution is 5.82. The van der Waals surface area contributed by atoms with Crippen molar-refractivity contribution in [2.75, 3.05) is 13.2 Å². The molecule has 0 aromatic heterocycles. The lowest BCUT2D eigenvalue weighted by molar-refractivity contribution is -0.123. The van der Waals surface area contributed by atoms with Crippen LogP contribution in [0.2, 0.25) is 0 Å². The molecule has 0 aliphatic carbocycles. The van der Waals surface area contributed by atoms with Gasteiger partial charge < -0.3 is 15.4 Å². The van der Waals surface area contributed by atoms with E-state index in [1.165, 1.54) is 0 Å². The fourth-order valence-electron chi connectivity index (χ4n) is 1.84. The minimum Gasteiger partial charge on any atom is -0.484 e. The van der Waals surface area contributed by atoms with Gasteiger partial charge in [-0.1, -0.05) is 18.2 Å². The van der Waals surface area contributed by atoms with E-state index in [2.05, 4.69) is 10.6 Å². The van der Waals surface area contributed by atoms with Crippen molar-refractivity contribution < 1.29 is 14.3 Å². The maximum atomic E-state index is 11.6. The molecule has 0 bridgehead atoms. The van der Waals surface area contributed by atoms with Crippen LogP contribution in [0.15, 0.2) is 24.3 Å². The molecule has 1 aromatic carbocycles. The van der Waals surface area contributed by atoms with Gasteiger partial charge in [0.2, 0.25) is 5.91 Å².